The molecule has 0 radical (unpaired) electrons. The van der Waals surface area contributed by atoms with Crippen LogP contribution in [0.1, 0.15) is 22.3 Å². The van der Waals surface area contributed by atoms with Gasteiger partial charge in [0.15, 0.2) is 0 Å². The van der Waals surface area contributed by atoms with E-state index in [0.717, 1.165) is 0 Å². The van der Waals surface area contributed by atoms with Crippen LogP contribution in [0, 0.1) is 0 Å². The molecule has 0 aliphatic carbocycles. The van der Waals surface area contributed by atoms with Crippen molar-refractivity contribution in [2.45, 2.75) is 24.7 Å². The maximum Gasteiger partial charge on any atom is 0.416 e. The Balaban J connectivity index is 2.72. The van der Waals surface area contributed by atoms with E-state index in [9.17, 15) is 52.7 Å². The predicted molar refractivity (Wildman–Crippen MR) is 86.8 cm³/mol. The van der Waals surface area contributed by atoms with E-state index in [1.54, 1.807) is 0 Å². The molecule has 14 heteroatoms. The molecule has 0 N–H and O–H groups in total. The molecule has 0 bridgehead atoms. The molecule has 0 saturated heterocycles. The molecule has 2 aromatic carbocycles. The minimum atomic E-state index is -5.24. The molecule has 0 nitrogen and oxygen atoms in total. The molecule has 0 aliphatic heterocycles. The summed E-state index contributed by atoms with van der Waals surface area (Å²) in [5.74, 6) is 0. The van der Waals surface area contributed by atoms with Gasteiger partial charge in [-0.15, -0.1) is 15.8 Å². The molecule has 0 aliphatic rings. The predicted octanol–water partition coefficient (Wildman–Crippen LogP) is 6.26. The van der Waals surface area contributed by atoms with Crippen LogP contribution in [0.5, 0.6) is 0 Å². The number of rotatable bonds is 2. The molecule has 0 atom stereocenters. The molecule has 2 aromatic rings. The van der Waals surface area contributed by atoms with Crippen LogP contribution in [-0.2, 0) is 24.7 Å². The van der Waals surface area contributed by atoms with Gasteiger partial charge in [-0.05, 0) is 12.1 Å². The number of halogens is 13. The first-order valence-electron chi connectivity index (χ1n) is 7.53. The molecule has 0 unspecified atom stereocenters. The molecule has 0 spiro atoms. The highest BCUT2D eigenvalue weighted by Crippen LogP contribution is 2.36. The van der Waals surface area contributed by atoms with E-state index in [1.807, 2.05) is 0 Å². The third-order valence-corrected chi connectivity index (χ3v) is 4.86. The molecule has 0 saturated carbocycles. The lowest BCUT2D eigenvalue weighted by molar-refractivity contribution is -0.144. The van der Waals surface area contributed by atoms with Crippen LogP contribution in [0.15, 0.2) is 36.4 Å². The second kappa shape index (κ2) is 7.68. The first kappa shape index (κ1) is 24.4. The van der Waals surface area contributed by atoms with Crippen molar-refractivity contribution in [1.29, 1.82) is 0 Å². The summed E-state index contributed by atoms with van der Waals surface area (Å²) in [7, 11) is 0. The Morgan fingerprint density at radius 2 is 0.633 bits per heavy atom. The molecule has 0 aromatic heterocycles. The van der Waals surface area contributed by atoms with Gasteiger partial charge in [0, 0.05) is 0 Å². The summed E-state index contributed by atoms with van der Waals surface area (Å²) in [6, 6.07) is 0.418. The minimum Gasteiger partial charge on any atom is -0.166 e. The molecular weight excluding hydrogens is 511 g/mol. The van der Waals surface area contributed by atoms with Crippen LogP contribution >= 0.6 is 15.8 Å². The second-order valence-corrected chi connectivity index (χ2v) is 6.96. The zero-order valence-corrected chi connectivity index (χ0v) is 15.5. The Morgan fingerprint density at radius 1 is 0.433 bits per heavy atom. The van der Waals surface area contributed by atoms with E-state index >= 15 is 0 Å². The highest BCUT2D eigenvalue weighted by Gasteiger charge is 2.40. The third-order valence-electron chi connectivity index (χ3n) is 3.81. The third kappa shape index (κ3) is 5.64. The summed E-state index contributed by atoms with van der Waals surface area (Å²) in [5.41, 5.74) is -10.5. The number of alkyl halides is 12. The summed E-state index contributed by atoms with van der Waals surface area (Å²) in [5, 5.41) is 0. The van der Waals surface area contributed by atoms with Crippen molar-refractivity contribution in [1.82, 2.24) is 0 Å². The molecular formula is C16H6BBrF12. The normalized spacial score (nSPS) is 13.5. The summed E-state index contributed by atoms with van der Waals surface area (Å²) < 4.78 is 156. The number of hydrogen-bond acceptors (Lipinski definition) is 0. The van der Waals surface area contributed by atoms with Crippen molar-refractivity contribution in [2.24, 2.45) is 0 Å². The fourth-order valence-corrected chi connectivity index (χ4v) is 2.97. The molecule has 164 valence electrons. The highest BCUT2D eigenvalue weighted by atomic mass is 79.9. The largest absolute Gasteiger partial charge is 0.416 e. The van der Waals surface area contributed by atoms with Crippen LogP contribution in [0.2, 0.25) is 0 Å². The van der Waals surface area contributed by atoms with E-state index in [0.29, 0.717) is 0 Å². The van der Waals surface area contributed by atoms with E-state index in [1.165, 1.54) is 0 Å². The molecule has 30 heavy (non-hydrogen) atoms. The SMILES string of the molecule is FC(F)(F)c1cc(B(Br)c2cc(C(F)(F)F)cc(C(F)(F)F)c2)cc(C(F)(F)F)c1. The van der Waals surface area contributed by atoms with Gasteiger partial charge in [-0.2, -0.15) is 52.7 Å². The van der Waals surface area contributed by atoms with Gasteiger partial charge in [0.05, 0.1) is 22.3 Å². The van der Waals surface area contributed by atoms with Crippen molar-refractivity contribution in [2.75, 3.05) is 0 Å². The minimum absolute atomic E-state index is 0.210. The van der Waals surface area contributed by atoms with Gasteiger partial charge in [0.2, 0.25) is 0 Å². The van der Waals surface area contributed by atoms with Crippen LogP contribution in [0.25, 0.3) is 0 Å². The van der Waals surface area contributed by atoms with Crippen molar-refractivity contribution in [3.05, 3.63) is 58.7 Å². The van der Waals surface area contributed by atoms with Crippen molar-refractivity contribution < 1.29 is 52.7 Å². The number of benzene rings is 2. The van der Waals surface area contributed by atoms with Crippen molar-refractivity contribution in [3.63, 3.8) is 0 Å². The lowest BCUT2D eigenvalue weighted by Crippen LogP contribution is -2.39. The van der Waals surface area contributed by atoms with Crippen molar-refractivity contribution >= 4 is 32.2 Å². The molecule has 0 heterocycles. The Bertz CT molecular complexity index is 784. The summed E-state index contributed by atoms with van der Waals surface area (Å²) in [4.78, 5) is 0. The van der Waals surface area contributed by atoms with Crippen LogP contribution < -0.4 is 10.9 Å². The quantitative estimate of drug-likeness (QED) is 0.326. The average Bonchev–Trinajstić information content (AvgIpc) is 2.57. The fraction of sp³-hybridized carbons (Fsp3) is 0.250. The lowest BCUT2D eigenvalue weighted by atomic mass is 9.62. The van der Waals surface area contributed by atoms with Crippen molar-refractivity contribution in [3.8, 4) is 0 Å². The van der Waals surface area contributed by atoms with Gasteiger partial charge < -0.3 is 0 Å². The standard InChI is InChI=1S/C16H6BBrF12/c18-17(11-3-7(13(19,20)21)1-8(4-11)14(22,23)24)12-5-9(15(25,26)27)2-10(6-12)16(28,29)30/h1-6H. The summed E-state index contributed by atoms with van der Waals surface area (Å²) in [6.07, 6.45) is -21.0. The zero-order valence-electron chi connectivity index (χ0n) is 14.0. The Hall–Kier alpha value is -1.86. The van der Waals surface area contributed by atoms with Crippen LogP contribution in [-0.4, -0.2) is 5.54 Å². The number of hydrogen-bond donors (Lipinski definition) is 0. The molecule has 0 fully saturated rings. The highest BCUT2D eigenvalue weighted by molar-refractivity contribution is 9.25. The van der Waals surface area contributed by atoms with Crippen LogP contribution in [0.3, 0.4) is 0 Å². The maximum absolute atomic E-state index is 13.0. The van der Waals surface area contributed by atoms with Gasteiger partial charge in [-0.25, -0.2) is 0 Å². The second-order valence-electron chi connectivity index (χ2n) is 6.04. The topological polar surface area (TPSA) is 0 Å². The van der Waals surface area contributed by atoms with Gasteiger partial charge >= 0.3 is 24.7 Å². The van der Waals surface area contributed by atoms with Gasteiger partial charge in [0.1, 0.15) is 0 Å². The maximum atomic E-state index is 13.0. The zero-order chi connectivity index (χ0) is 23.3. The van der Waals surface area contributed by atoms with E-state index < -0.39 is 63.4 Å². The van der Waals surface area contributed by atoms with Gasteiger partial charge in [-0.3, -0.25) is 0 Å². The van der Waals surface area contributed by atoms with Gasteiger partial charge in [0.25, 0.3) is 5.54 Å². The summed E-state index contributed by atoms with van der Waals surface area (Å²) in [6.45, 7) is 0. The first-order chi connectivity index (χ1) is 13.3. The van der Waals surface area contributed by atoms with E-state index in [-0.39, 0.29) is 36.4 Å². The Kier molecular flexibility index (Phi) is 6.25. The smallest absolute Gasteiger partial charge is 0.166 e. The Labute approximate surface area is 168 Å². The molecule has 2 rings (SSSR count). The molecule has 0 amide bonds. The fourth-order valence-electron chi connectivity index (χ4n) is 2.44. The average molecular weight is 517 g/mol. The summed E-state index contributed by atoms with van der Waals surface area (Å²) >= 11 is 2.63. The Morgan fingerprint density at radius 3 is 0.800 bits per heavy atom. The monoisotopic (exact) mass is 516 g/mol. The van der Waals surface area contributed by atoms with E-state index in [4.69, 9.17) is 0 Å². The van der Waals surface area contributed by atoms with Crippen LogP contribution in [0.4, 0.5) is 52.7 Å². The van der Waals surface area contributed by atoms with E-state index in [2.05, 4.69) is 15.8 Å². The first-order valence-corrected chi connectivity index (χ1v) is 8.44. The van der Waals surface area contributed by atoms with Gasteiger partial charge in [-0.1, -0.05) is 35.2 Å². The lowest BCUT2D eigenvalue weighted by Gasteiger charge is -2.18.